The van der Waals surface area contributed by atoms with Gasteiger partial charge in [0.1, 0.15) is 5.69 Å². The number of rotatable bonds is 2. The summed E-state index contributed by atoms with van der Waals surface area (Å²) in [5.74, 6) is 0. The molecule has 4 nitrogen and oxygen atoms in total. The molecule has 1 aromatic carbocycles. The van der Waals surface area contributed by atoms with Crippen LogP contribution in [0, 0.1) is 4.91 Å². The van der Waals surface area contributed by atoms with E-state index in [2.05, 4.69) is 5.18 Å². The lowest BCUT2D eigenvalue weighted by Gasteiger charge is -2.08. The second-order valence-electron chi connectivity index (χ2n) is 2.76. The Hall–Kier alpha value is -1.26. The summed E-state index contributed by atoms with van der Waals surface area (Å²) in [5.41, 5.74) is 1.34. The number of benzene rings is 1. The summed E-state index contributed by atoms with van der Waals surface area (Å²) in [4.78, 5) is 10.1. The first-order valence-corrected chi connectivity index (χ1v) is 4.06. The lowest BCUT2D eigenvalue weighted by molar-refractivity contribution is -0.0441. The molecular formula is C9H9NO3. The average molecular weight is 179 g/mol. The van der Waals surface area contributed by atoms with Crippen molar-refractivity contribution in [2.24, 2.45) is 5.18 Å². The van der Waals surface area contributed by atoms with Gasteiger partial charge in [0.2, 0.25) is 0 Å². The van der Waals surface area contributed by atoms with Gasteiger partial charge in [0, 0.05) is 5.56 Å². The van der Waals surface area contributed by atoms with Crippen LogP contribution in [0.1, 0.15) is 11.9 Å². The fourth-order valence-corrected chi connectivity index (χ4v) is 1.24. The van der Waals surface area contributed by atoms with Gasteiger partial charge < -0.3 is 9.47 Å². The summed E-state index contributed by atoms with van der Waals surface area (Å²) in [5, 5.41) is 2.81. The molecule has 1 saturated heterocycles. The van der Waals surface area contributed by atoms with E-state index in [4.69, 9.17) is 9.47 Å². The molecule has 0 spiro atoms. The van der Waals surface area contributed by atoms with Gasteiger partial charge in [-0.1, -0.05) is 12.1 Å². The first-order valence-electron chi connectivity index (χ1n) is 4.06. The molecule has 1 aromatic rings. The maximum atomic E-state index is 10.1. The highest BCUT2D eigenvalue weighted by atomic mass is 16.7. The Morgan fingerprint density at radius 3 is 2.31 bits per heavy atom. The van der Waals surface area contributed by atoms with E-state index in [0.29, 0.717) is 18.9 Å². The Labute approximate surface area is 75.4 Å². The SMILES string of the molecule is O=Nc1ccc(C2OCCO2)cc1. The predicted octanol–water partition coefficient (Wildman–Crippen LogP) is 2.13. The largest absolute Gasteiger partial charge is 0.346 e. The van der Waals surface area contributed by atoms with Gasteiger partial charge in [0.05, 0.1) is 13.2 Å². The molecule has 0 saturated carbocycles. The zero-order valence-electron chi connectivity index (χ0n) is 6.97. The van der Waals surface area contributed by atoms with Crippen molar-refractivity contribution in [2.45, 2.75) is 6.29 Å². The van der Waals surface area contributed by atoms with Crippen molar-refractivity contribution >= 4 is 5.69 Å². The number of nitroso groups, excluding NO2 is 1. The lowest BCUT2D eigenvalue weighted by Crippen LogP contribution is -1.96. The van der Waals surface area contributed by atoms with Gasteiger partial charge in [-0.05, 0) is 17.3 Å². The summed E-state index contributed by atoms with van der Waals surface area (Å²) < 4.78 is 10.6. The normalized spacial score (nSPS) is 17.5. The second kappa shape index (κ2) is 3.64. The molecule has 0 atom stereocenters. The number of ether oxygens (including phenoxy) is 2. The van der Waals surface area contributed by atoms with Crippen LogP contribution in [0.2, 0.25) is 0 Å². The van der Waals surface area contributed by atoms with Crippen molar-refractivity contribution in [3.63, 3.8) is 0 Å². The monoisotopic (exact) mass is 179 g/mol. The molecule has 0 aliphatic carbocycles. The van der Waals surface area contributed by atoms with Crippen molar-refractivity contribution in [1.29, 1.82) is 0 Å². The smallest absolute Gasteiger partial charge is 0.184 e. The minimum absolute atomic E-state index is 0.277. The molecule has 0 amide bonds. The maximum Gasteiger partial charge on any atom is 0.184 e. The van der Waals surface area contributed by atoms with Crippen molar-refractivity contribution in [3.8, 4) is 0 Å². The molecule has 0 radical (unpaired) electrons. The van der Waals surface area contributed by atoms with Crippen LogP contribution < -0.4 is 0 Å². The van der Waals surface area contributed by atoms with Crippen LogP contribution in [0.25, 0.3) is 0 Å². The molecule has 0 unspecified atom stereocenters. The Morgan fingerprint density at radius 1 is 1.15 bits per heavy atom. The van der Waals surface area contributed by atoms with Gasteiger partial charge in [0.15, 0.2) is 6.29 Å². The van der Waals surface area contributed by atoms with Gasteiger partial charge in [-0.2, -0.15) is 0 Å². The minimum atomic E-state index is -0.277. The molecular weight excluding hydrogens is 170 g/mol. The highest BCUT2D eigenvalue weighted by Crippen LogP contribution is 2.24. The van der Waals surface area contributed by atoms with Crippen molar-refractivity contribution in [1.82, 2.24) is 0 Å². The summed E-state index contributed by atoms with van der Waals surface area (Å²) in [6.07, 6.45) is -0.277. The molecule has 13 heavy (non-hydrogen) atoms. The Kier molecular flexibility index (Phi) is 2.33. The van der Waals surface area contributed by atoms with Gasteiger partial charge >= 0.3 is 0 Å². The third-order valence-corrected chi connectivity index (χ3v) is 1.89. The van der Waals surface area contributed by atoms with Crippen molar-refractivity contribution in [2.75, 3.05) is 13.2 Å². The van der Waals surface area contributed by atoms with Crippen LogP contribution in [0.5, 0.6) is 0 Å². The molecule has 0 aromatic heterocycles. The average Bonchev–Trinajstić information content (AvgIpc) is 2.71. The highest BCUT2D eigenvalue weighted by Gasteiger charge is 2.17. The van der Waals surface area contributed by atoms with Crippen molar-refractivity contribution < 1.29 is 9.47 Å². The van der Waals surface area contributed by atoms with Crippen LogP contribution >= 0.6 is 0 Å². The Bertz CT molecular complexity index is 290. The lowest BCUT2D eigenvalue weighted by atomic mass is 10.2. The van der Waals surface area contributed by atoms with Crippen molar-refractivity contribution in [3.05, 3.63) is 34.7 Å². The number of nitrogens with zero attached hydrogens (tertiary/aromatic N) is 1. The van der Waals surface area contributed by atoms with Gasteiger partial charge in [-0.25, -0.2) is 0 Å². The van der Waals surface area contributed by atoms with E-state index in [1.807, 2.05) is 0 Å². The summed E-state index contributed by atoms with van der Waals surface area (Å²) in [6, 6.07) is 6.86. The Morgan fingerprint density at radius 2 is 1.77 bits per heavy atom. The Balaban J connectivity index is 2.16. The number of hydrogen-bond donors (Lipinski definition) is 0. The van der Waals surface area contributed by atoms with Crippen LogP contribution in [-0.4, -0.2) is 13.2 Å². The first kappa shape index (κ1) is 8.34. The molecule has 4 heteroatoms. The van der Waals surface area contributed by atoms with E-state index in [-0.39, 0.29) is 6.29 Å². The fourth-order valence-electron chi connectivity index (χ4n) is 1.24. The number of hydrogen-bond acceptors (Lipinski definition) is 4. The fraction of sp³-hybridized carbons (Fsp3) is 0.333. The molecule has 2 rings (SSSR count). The van der Waals surface area contributed by atoms with E-state index < -0.39 is 0 Å². The van der Waals surface area contributed by atoms with Gasteiger partial charge in [-0.15, -0.1) is 4.91 Å². The predicted molar refractivity (Wildman–Crippen MR) is 46.5 cm³/mol. The highest BCUT2D eigenvalue weighted by molar-refractivity contribution is 5.38. The van der Waals surface area contributed by atoms with E-state index in [9.17, 15) is 4.91 Å². The minimum Gasteiger partial charge on any atom is -0.346 e. The van der Waals surface area contributed by atoms with Crippen LogP contribution in [0.3, 0.4) is 0 Å². The maximum absolute atomic E-state index is 10.1. The van der Waals surface area contributed by atoms with Crippen LogP contribution in [-0.2, 0) is 9.47 Å². The second-order valence-corrected chi connectivity index (χ2v) is 2.76. The van der Waals surface area contributed by atoms with Gasteiger partial charge in [-0.3, -0.25) is 0 Å². The molecule has 1 aliphatic heterocycles. The molecule has 68 valence electrons. The summed E-state index contributed by atoms with van der Waals surface area (Å²) in [6.45, 7) is 1.25. The first-order chi connectivity index (χ1) is 6.40. The standard InChI is InChI=1S/C9H9NO3/c11-10-8-3-1-7(2-4-8)9-12-5-6-13-9/h1-4,9H,5-6H2. The molecule has 1 heterocycles. The summed E-state index contributed by atoms with van der Waals surface area (Å²) >= 11 is 0. The zero-order chi connectivity index (χ0) is 9.10. The zero-order valence-corrected chi connectivity index (χ0v) is 6.97. The van der Waals surface area contributed by atoms with E-state index in [0.717, 1.165) is 5.56 Å². The van der Waals surface area contributed by atoms with E-state index in [1.54, 1.807) is 24.3 Å². The topological polar surface area (TPSA) is 47.9 Å². The van der Waals surface area contributed by atoms with E-state index >= 15 is 0 Å². The van der Waals surface area contributed by atoms with E-state index in [1.165, 1.54) is 0 Å². The molecule has 1 aliphatic rings. The third kappa shape index (κ3) is 1.74. The van der Waals surface area contributed by atoms with Crippen LogP contribution in [0.15, 0.2) is 29.4 Å². The summed E-state index contributed by atoms with van der Waals surface area (Å²) in [7, 11) is 0. The van der Waals surface area contributed by atoms with Crippen LogP contribution in [0.4, 0.5) is 5.69 Å². The third-order valence-electron chi connectivity index (χ3n) is 1.89. The quantitative estimate of drug-likeness (QED) is 0.653. The molecule has 0 N–H and O–H groups in total. The molecule has 1 fully saturated rings. The molecule has 0 bridgehead atoms. The van der Waals surface area contributed by atoms with Gasteiger partial charge in [0.25, 0.3) is 0 Å².